The third-order valence-corrected chi connectivity index (χ3v) is 4.89. The molecule has 6 nitrogen and oxygen atoms in total. The standard InChI is InChI=1S/C19H16Cl2FN3O3/c1-12-8-26-19(28-12,9-25-11-23-10-24-25)13-6-16(22)18(7-15(13)21)27-17-5-3-2-4-14(17)20/h2-7,10-12H,8-9H2,1H3. The van der Waals surface area contributed by atoms with E-state index in [2.05, 4.69) is 10.1 Å². The number of ether oxygens (including phenoxy) is 3. The first kappa shape index (κ1) is 19.1. The fourth-order valence-corrected chi connectivity index (χ4v) is 3.50. The molecule has 1 aromatic heterocycles. The molecule has 2 atom stereocenters. The molecule has 9 heteroatoms. The molecule has 2 heterocycles. The second kappa shape index (κ2) is 7.67. The van der Waals surface area contributed by atoms with Crippen molar-refractivity contribution < 1.29 is 18.6 Å². The summed E-state index contributed by atoms with van der Waals surface area (Å²) < 4.78 is 33.9. The summed E-state index contributed by atoms with van der Waals surface area (Å²) in [5.74, 6) is -1.63. The summed E-state index contributed by atoms with van der Waals surface area (Å²) in [5, 5.41) is 4.68. The SMILES string of the molecule is CC1COC(Cn2cncn2)(c2cc(F)c(Oc3ccccc3Cl)cc2Cl)O1. The summed E-state index contributed by atoms with van der Waals surface area (Å²) in [6, 6.07) is 9.42. The Kier molecular flexibility index (Phi) is 5.25. The van der Waals surface area contributed by atoms with Gasteiger partial charge in [0.1, 0.15) is 24.9 Å². The Morgan fingerprint density at radius 2 is 2.07 bits per heavy atom. The van der Waals surface area contributed by atoms with Crippen LogP contribution in [0.5, 0.6) is 11.5 Å². The van der Waals surface area contributed by atoms with Gasteiger partial charge in [0.2, 0.25) is 5.79 Å². The van der Waals surface area contributed by atoms with E-state index in [4.69, 9.17) is 37.4 Å². The van der Waals surface area contributed by atoms with E-state index in [1.165, 1.54) is 24.8 Å². The molecule has 4 rings (SSSR count). The van der Waals surface area contributed by atoms with Crippen LogP contribution in [0.2, 0.25) is 10.0 Å². The van der Waals surface area contributed by atoms with Crippen molar-refractivity contribution >= 4 is 23.2 Å². The lowest BCUT2D eigenvalue weighted by Gasteiger charge is -2.29. The van der Waals surface area contributed by atoms with E-state index in [0.29, 0.717) is 22.9 Å². The normalized spacial score (nSPS) is 21.8. The van der Waals surface area contributed by atoms with Gasteiger partial charge in [-0.15, -0.1) is 0 Å². The number of benzene rings is 2. The van der Waals surface area contributed by atoms with Crippen LogP contribution < -0.4 is 4.74 Å². The highest BCUT2D eigenvalue weighted by Crippen LogP contribution is 2.42. The number of nitrogens with zero attached hydrogens (tertiary/aromatic N) is 3. The molecule has 0 spiro atoms. The Morgan fingerprint density at radius 1 is 1.25 bits per heavy atom. The summed E-state index contributed by atoms with van der Waals surface area (Å²) in [4.78, 5) is 3.92. The molecular weight excluding hydrogens is 408 g/mol. The quantitative estimate of drug-likeness (QED) is 0.589. The van der Waals surface area contributed by atoms with Gasteiger partial charge in [-0.2, -0.15) is 5.10 Å². The van der Waals surface area contributed by atoms with Crippen molar-refractivity contribution in [3.63, 3.8) is 0 Å². The van der Waals surface area contributed by atoms with Crippen LogP contribution >= 0.6 is 23.2 Å². The number of para-hydroxylation sites is 1. The maximum Gasteiger partial charge on any atom is 0.217 e. The third kappa shape index (κ3) is 3.71. The first-order valence-electron chi connectivity index (χ1n) is 8.53. The van der Waals surface area contributed by atoms with E-state index in [9.17, 15) is 4.39 Å². The average Bonchev–Trinajstić information content (AvgIpc) is 3.30. The highest BCUT2D eigenvalue weighted by Gasteiger charge is 2.44. The van der Waals surface area contributed by atoms with Crippen molar-refractivity contribution in [1.82, 2.24) is 14.8 Å². The second-order valence-corrected chi connectivity index (χ2v) is 7.19. The van der Waals surface area contributed by atoms with E-state index in [1.807, 2.05) is 6.92 Å². The Hall–Kier alpha value is -2.19. The molecule has 0 saturated carbocycles. The van der Waals surface area contributed by atoms with Crippen molar-refractivity contribution in [2.24, 2.45) is 0 Å². The van der Waals surface area contributed by atoms with Gasteiger partial charge in [-0.3, -0.25) is 0 Å². The van der Waals surface area contributed by atoms with Crippen LogP contribution in [0.3, 0.4) is 0 Å². The summed E-state index contributed by atoms with van der Waals surface area (Å²) in [6.07, 6.45) is 2.73. The molecule has 0 aliphatic carbocycles. The number of aromatic nitrogens is 3. The summed E-state index contributed by atoms with van der Waals surface area (Å²) in [7, 11) is 0. The van der Waals surface area contributed by atoms with E-state index < -0.39 is 11.6 Å². The smallest absolute Gasteiger partial charge is 0.217 e. The maximum atomic E-state index is 14.9. The lowest BCUT2D eigenvalue weighted by atomic mass is 10.0. The lowest BCUT2D eigenvalue weighted by Crippen LogP contribution is -2.34. The second-order valence-electron chi connectivity index (χ2n) is 6.38. The van der Waals surface area contributed by atoms with Gasteiger partial charge in [0, 0.05) is 11.6 Å². The van der Waals surface area contributed by atoms with E-state index in [0.717, 1.165) is 0 Å². The summed E-state index contributed by atoms with van der Waals surface area (Å²) >= 11 is 12.6. The van der Waals surface area contributed by atoms with Gasteiger partial charge < -0.3 is 14.2 Å². The molecule has 2 unspecified atom stereocenters. The largest absolute Gasteiger partial charge is 0.453 e. The van der Waals surface area contributed by atoms with Crippen LogP contribution in [-0.4, -0.2) is 27.5 Å². The van der Waals surface area contributed by atoms with Gasteiger partial charge in [-0.25, -0.2) is 14.1 Å². The van der Waals surface area contributed by atoms with Crippen LogP contribution in [0.1, 0.15) is 12.5 Å². The van der Waals surface area contributed by atoms with Gasteiger partial charge in [0.25, 0.3) is 0 Å². The molecule has 1 aliphatic heterocycles. The topological polar surface area (TPSA) is 58.4 Å². The Bertz CT molecular complexity index is 987. The van der Waals surface area contributed by atoms with Gasteiger partial charge >= 0.3 is 0 Å². The zero-order chi connectivity index (χ0) is 19.7. The molecule has 0 radical (unpaired) electrons. The molecule has 0 bridgehead atoms. The molecule has 0 amide bonds. The molecule has 1 aliphatic rings. The van der Waals surface area contributed by atoms with Crippen LogP contribution in [-0.2, 0) is 21.8 Å². The highest BCUT2D eigenvalue weighted by atomic mass is 35.5. The number of hydrogen-bond donors (Lipinski definition) is 0. The first-order chi connectivity index (χ1) is 13.5. The predicted octanol–water partition coefficient (Wildman–Crippen LogP) is 4.80. The van der Waals surface area contributed by atoms with E-state index in [-0.39, 0.29) is 23.4 Å². The minimum Gasteiger partial charge on any atom is -0.453 e. The van der Waals surface area contributed by atoms with Crippen molar-refractivity contribution in [2.45, 2.75) is 25.4 Å². The summed E-state index contributed by atoms with van der Waals surface area (Å²) in [5.41, 5.74) is 0.345. The van der Waals surface area contributed by atoms with Crippen LogP contribution in [0.4, 0.5) is 4.39 Å². The predicted molar refractivity (Wildman–Crippen MR) is 101 cm³/mol. The summed E-state index contributed by atoms with van der Waals surface area (Å²) in [6.45, 7) is 2.37. The van der Waals surface area contributed by atoms with Gasteiger partial charge in [0.05, 0.1) is 22.8 Å². The molecule has 3 aromatic rings. The molecule has 1 saturated heterocycles. The van der Waals surface area contributed by atoms with Gasteiger partial charge in [-0.05, 0) is 25.1 Å². The van der Waals surface area contributed by atoms with Crippen LogP contribution in [0, 0.1) is 5.82 Å². The monoisotopic (exact) mass is 423 g/mol. The van der Waals surface area contributed by atoms with Crippen molar-refractivity contribution in [2.75, 3.05) is 6.61 Å². The van der Waals surface area contributed by atoms with E-state index >= 15 is 0 Å². The molecular formula is C19H16Cl2FN3O3. The van der Waals surface area contributed by atoms with Crippen LogP contribution in [0.15, 0.2) is 49.1 Å². The zero-order valence-electron chi connectivity index (χ0n) is 14.8. The van der Waals surface area contributed by atoms with Crippen molar-refractivity contribution in [3.8, 4) is 11.5 Å². The number of halogens is 3. The zero-order valence-corrected chi connectivity index (χ0v) is 16.3. The third-order valence-electron chi connectivity index (χ3n) is 4.27. The molecule has 2 aromatic carbocycles. The van der Waals surface area contributed by atoms with Crippen molar-refractivity contribution in [1.29, 1.82) is 0 Å². The Labute approximate surface area is 170 Å². The average molecular weight is 424 g/mol. The van der Waals surface area contributed by atoms with E-state index in [1.54, 1.807) is 28.9 Å². The number of rotatable bonds is 5. The maximum absolute atomic E-state index is 14.9. The Balaban J connectivity index is 1.70. The molecule has 28 heavy (non-hydrogen) atoms. The minimum absolute atomic E-state index is 0.0520. The van der Waals surface area contributed by atoms with Crippen LogP contribution in [0.25, 0.3) is 0 Å². The molecule has 146 valence electrons. The van der Waals surface area contributed by atoms with Gasteiger partial charge in [0.15, 0.2) is 11.6 Å². The minimum atomic E-state index is -1.28. The Morgan fingerprint density at radius 3 is 2.75 bits per heavy atom. The highest BCUT2D eigenvalue weighted by molar-refractivity contribution is 6.32. The van der Waals surface area contributed by atoms with Gasteiger partial charge in [-0.1, -0.05) is 35.3 Å². The lowest BCUT2D eigenvalue weighted by molar-refractivity contribution is -0.187. The fourth-order valence-electron chi connectivity index (χ4n) is 3.03. The molecule has 0 N–H and O–H groups in total. The van der Waals surface area contributed by atoms with Crippen molar-refractivity contribution in [3.05, 3.63) is 70.5 Å². The fraction of sp³-hybridized carbons (Fsp3) is 0.263. The first-order valence-corrected chi connectivity index (χ1v) is 9.28. The number of hydrogen-bond acceptors (Lipinski definition) is 5. The molecule has 1 fully saturated rings.